The first-order valence-corrected chi connectivity index (χ1v) is 3.70. The van der Waals surface area contributed by atoms with E-state index in [9.17, 15) is 4.39 Å². The average Bonchev–Trinajstić information content (AvgIpc) is 2.09. The quantitative estimate of drug-likeness (QED) is 0.479. The minimum absolute atomic E-state index is 0.585. The van der Waals surface area contributed by atoms with Crippen LogP contribution in [-0.4, -0.2) is 23.1 Å². The van der Waals surface area contributed by atoms with Crippen molar-refractivity contribution in [1.82, 2.24) is 15.3 Å². The van der Waals surface area contributed by atoms with E-state index >= 15 is 0 Å². The molecular formula is C7H11FN4. The maximum atomic E-state index is 12.2. The van der Waals surface area contributed by atoms with Crippen molar-refractivity contribution in [3.8, 4) is 0 Å². The van der Waals surface area contributed by atoms with Gasteiger partial charge in [-0.2, -0.15) is 4.39 Å². The van der Waals surface area contributed by atoms with Crippen LogP contribution in [0.15, 0.2) is 12.4 Å². The van der Waals surface area contributed by atoms with Crippen LogP contribution < -0.4 is 11.1 Å². The topological polar surface area (TPSA) is 63.8 Å². The zero-order valence-corrected chi connectivity index (χ0v) is 6.63. The molecule has 0 amide bonds. The van der Waals surface area contributed by atoms with E-state index in [0.29, 0.717) is 13.1 Å². The van der Waals surface area contributed by atoms with Gasteiger partial charge in [0.15, 0.2) is 0 Å². The molecule has 0 atom stereocenters. The first-order chi connectivity index (χ1) is 5.83. The van der Waals surface area contributed by atoms with Crippen LogP contribution in [0.25, 0.3) is 0 Å². The summed E-state index contributed by atoms with van der Waals surface area (Å²) in [5, 5.41) is 3.04. The van der Waals surface area contributed by atoms with Crippen LogP contribution in [0.5, 0.6) is 0 Å². The van der Waals surface area contributed by atoms with Gasteiger partial charge in [-0.25, -0.2) is 9.97 Å². The van der Waals surface area contributed by atoms with Crippen molar-refractivity contribution < 1.29 is 4.39 Å². The molecule has 0 fully saturated rings. The molecule has 66 valence electrons. The van der Waals surface area contributed by atoms with Crippen LogP contribution in [-0.2, 0) is 6.54 Å². The summed E-state index contributed by atoms with van der Waals surface area (Å²) >= 11 is 0. The second kappa shape index (κ2) is 4.74. The molecule has 1 aromatic heterocycles. The Balaban J connectivity index is 2.37. The molecule has 1 aromatic rings. The van der Waals surface area contributed by atoms with Crippen LogP contribution in [0, 0.1) is 6.08 Å². The Hall–Kier alpha value is -1.07. The summed E-state index contributed by atoms with van der Waals surface area (Å²) in [4.78, 5) is 6.82. The molecule has 0 aliphatic carbocycles. The molecule has 0 unspecified atom stereocenters. The van der Waals surface area contributed by atoms with Crippen LogP contribution in [0.4, 0.5) is 4.39 Å². The second-order valence-electron chi connectivity index (χ2n) is 2.33. The molecule has 0 saturated carbocycles. The van der Waals surface area contributed by atoms with Gasteiger partial charge in [-0.3, -0.25) is 0 Å². The lowest BCUT2D eigenvalue weighted by Crippen LogP contribution is -2.22. The van der Waals surface area contributed by atoms with Crippen molar-refractivity contribution >= 4 is 0 Å². The monoisotopic (exact) mass is 170 g/mol. The molecule has 0 saturated heterocycles. The van der Waals surface area contributed by atoms with Crippen molar-refractivity contribution in [2.75, 3.05) is 13.1 Å². The van der Waals surface area contributed by atoms with Gasteiger partial charge in [0.1, 0.15) is 0 Å². The van der Waals surface area contributed by atoms with Gasteiger partial charge in [-0.15, -0.1) is 0 Å². The molecule has 0 aromatic carbocycles. The number of nitrogens with zero attached hydrogens (tertiary/aromatic N) is 2. The first-order valence-electron chi connectivity index (χ1n) is 3.70. The van der Waals surface area contributed by atoms with Gasteiger partial charge in [-0.05, 0) is 0 Å². The van der Waals surface area contributed by atoms with Crippen molar-refractivity contribution in [3.63, 3.8) is 0 Å². The first kappa shape index (κ1) is 9.02. The highest BCUT2D eigenvalue weighted by Gasteiger charge is 1.94. The summed E-state index contributed by atoms with van der Waals surface area (Å²) in [7, 11) is 0. The summed E-state index contributed by atoms with van der Waals surface area (Å²) in [6, 6.07) is 0. The minimum Gasteiger partial charge on any atom is -0.329 e. The lowest BCUT2D eigenvalue weighted by Gasteiger charge is -2.00. The maximum Gasteiger partial charge on any atom is 0.308 e. The standard InChI is InChI=1S/C7H11FN4/c8-7-11-4-6(5-12-7)3-10-2-1-9/h4-5,10H,1-3,9H2. The Bertz CT molecular complexity index is 223. The fourth-order valence-corrected chi connectivity index (χ4v) is 0.765. The molecule has 1 heterocycles. The Morgan fingerprint density at radius 1 is 1.42 bits per heavy atom. The largest absolute Gasteiger partial charge is 0.329 e. The summed E-state index contributed by atoms with van der Waals surface area (Å²) < 4.78 is 12.2. The lowest BCUT2D eigenvalue weighted by molar-refractivity contribution is 0.534. The number of nitrogens with two attached hydrogens (primary N) is 1. The second-order valence-corrected chi connectivity index (χ2v) is 2.33. The van der Waals surface area contributed by atoms with E-state index in [0.717, 1.165) is 12.1 Å². The molecular weight excluding hydrogens is 159 g/mol. The highest BCUT2D eigenvalue weighted by molar-refractivity contribution is 5.01. The molecule has 0 aliphatic heterocycles. The number of halogens is 1. The molecule has 5 heteroatoms. The van der Waals surface area contributed by atoms with E-state index in [1.165, 1.54) is 12.4 Å². The maximum absolute atomic E-state index is 12.2. The highest BCUT2D eigenvalue weighted by Crippen LogP contribution is 1.93. The molecule has 0 radical (unpaired) electrons. The van der Waals surface area contributed by atoms with Gasteiger partial charge >= 0.3 is 6.08 Å². The summed E-state index contributed by atoms with van der Waals surface area (Å²) in [6.45, 7) is 1.94. The summed E-state index contributed by atoms with van der Waals surface area (Å²) in [6.07, 6.45) is 2.20. The zero-order valence-electron chi connectivity index (χ0n) is 6.63. The third kappa shape index (κ3) is 2.89. The van der Waals surface area contributed by atoms with Gasteiger partial charge < -0.3 is 11.1 Å². The molecule has 3 N–H and O–H groups in total. The Kier molecular flexibility index (Phi) is 3.56. The number of aromatic nitrogens is 2. The SMILES string of the molecule is NCCNCc1cnc(F)nc1. The van der Waals surface area contributed by atoms with E-state index in [4.69, 9.17) is 5.73 Å². The number of rotatable bonds is 4. The Morgan fingerprint density at radius 2 is 2.08 bits per heavy atom. The third-order valence-corrected chi connectivity index (χ3v) is 1.32. The van der Waals surface area contributed by atoms with Crippen LogP contribution in [0.2, 0.25) is 0 Å². The van der Waals surface area contributed by atoms with Gasteiger partial charge in [0.05, 0.1) is 0 Å². The van der Waals surface area contributed by atoms with Crippen molar-refractivity contribution in [2.45, 2.75) is 6.54 Å². The minimum atomic E-state index is -0.697. The van der Waals surface area contributed by atoms with E-state index in [-0.39, 0.29) is 0 Å². The number of hydrogen-bond donors (Lipinski definition) is 2. The van der Waals surface area contributed by atoms with Crippen molar-refractivity contribution in [1.29, 1.82) is 0 Å². The molecule has 1 rings (SSSR count). The van der Waals surface area contributed by atoms with Crippen LogP contribution in [0.1, 0.15) is 5.56 Å². The summed E-state index contributed by atoms with van der Waals surface area (Å²) in [5.41, 5.74) is 6.11. The smallest absolute Gasteiger partial charge is 0.308 e. The lowest BCUT2D eigenvalue weighted by atomic mass is 10.3. The number of hydrogen-bond acceptors (Lipinski definition) is 4. The van der Waals surface area contributed by atoms with Gasteiger partial charge in [0, 0.05) is 37.6 Å². The van der Waals surface area contributed by atoms with E-state index in [2.05, 4.69) is 15.3 Å². The average molecular weight is 170 g/mol. The molecule has 12 heavy (non-hydrogen) atoms. The van der Waals surface area contributed by atoms with Crippen LogP contribution in [0.3, 0.4) is 0 Å². The molecule has 0 spiro atoms. The number of nitrogens with one attached hydrogen (secondary N) is 1. The van der Waals surface area contributed by atoms with E-state index in [1.54, 1.807) is 0 Å². The van der Waals surface area contributed by atoms with E-state index in [1.807, 2.05) is 0 Å². The summed E-state index contributed by atoms with van der Waals surface area (Å²) in [5.74, 6) is 0. The predicted octanol–water partition coefficient (Wildman–Crippen LogP) is -0.336. The van der Waals surface area contributed by atoms with Crippen molar-refractivity contribution in [3.05, 3.63) is 24.0 Å². The predicted molar refractivity (Wildman–Crippen MR) is 42.8 cm³/mol. The Morgan fingerprint density at radius 3 is 2.67 bits per heavy atom. The van der Waals surface area contributed by atoms with Gasteiger partial charge in [0.25, 0.3) is 0 Å². The molecule has 0 aliphatic rings. The fraction of sp³-hybridized carbons (Fsp3) is 0.429. The van der Waals surface area contributed by atoms with Gasteiger partial charge in [-0.1, -0.05) is 0 Å². The van der Waals surface area contributed by atoms with Crippen molar-refractivity contribution in [2.24, 2.45) is 5.73 Å². The molecule has 4 nitrogen and oxygen atoms in total. The fourth-order valence-electron chi connectivity index (χ4n) is 0.765. The normalized spacial score (nSPS) is 10.2. The highest BCUT2D eigenvalue weighted by atomic mass is 19.1. The molecule has 0 bridgehead atoms. The van der Waals surface area contributed by atoms with Crippen LogP contribution >= 0.6 is 0 Å². The Labute approximate surface area is 70.0 Å². The van der Waals surface area contributed by atoms with Gasteiger partial charge in [0.2, 0.25) is 0 Å². The third-order valence-electron chi connectivity index (χ3n) is 1.32. The zero-order chi connectivity index (χ0) is 8.81. The van der Waals surface area contributed by atoms with E-state index < -0.39 is 6.08 Å².